The van der Waals surface area contributed by atoms with Gasteiger partial charge in [-0.25, -0.2) is 4.68 Å². The molecular weight excluding hydrogens is 366 g/mol. The molecule has 2 aliphatic rings. The molecule has 2 aliphatic carbocycles. The average Bonchev–Trinajstić information content (AvgIpc) is 3.42. The van der Waals surface area contributed by atoms with Crippen molar-refractivity contribution >= 4 is 23.4 Å². The SMILES string of the molecule is COc1ccc(OC)c(NC(=O)CSc2nnnn2C2CC3C=CC2C3)c1. The predicted octanol–water partition coefficient (Wildman–Crippen LogP) is 2.56. The van der Waals surface area contributed by atoms with Crippen molar-refractivity contribution in [1.82, 2.24) is 20.2 Å². The van der Waals surface area contributed by atoms with Crippen LogP contribution in [-0.4, -0.2) is 46.1 Å². The van der Waals surface area contributed by atoms with E-state index in [1.54, 1.807) is 32.4 Å². The molecule has 1 aromatic carbocycles. The summed E-state index contributed by atoms with van der Waals surface area (Å²) in [7, 11) is 3.14. The van der Waals surface area contributed by atoms with Crippen molar-refractivity contribution in [2.75, 3.05) is 25.3 Å². The number of hydrogen-bond acceptors (Lipinski definition) is 7. The molecular formula is C18H21N5O3S. The van der Waals surface area contributed by atoms with Gasteiger partial charge < -0.3 is 14.8 Å². The number of fused-ring (bicyclic) bond motifs is 2. The summed E-state index contributed by atoms with van der Waals surface area (Å²) in [6, 6.07) is 5.55. The lowest BCUT2D eigenvalue weighted by molar-refractivity contribution is -0.113. The lowest BCUT2D eigenvalue weighted by Crippen LogP contribution is -2.18. The van der Waals surface area contributed by atoms with Gasteiger partial charge in [0.15, 0.2) is 0 Å². The molecule has 0 aliphatic heterocycles. The Labute approximate surface area is 161 Å². The summed E-state index contributed by atoms with van der Waals surface area (Å²) in [5.41, 5.74) is 0.570. The number of aromatic nitrogens is 4. The highest BCUT2D eigenvalue weighted by molar-refractivity contribution is 7.99. The van der Waals surface area contributed by atoms with Crippen LogP contribution in [0, 0.1) is 11.8 Å². The van der Waals surface area contributed by atoms with Crippen molar-refractivity contribution in [3.63, 3.8) is 0 Å². The van der Waals surface area contributed by atoms with Crippen molar-refractivity contribution in [2.24, 2.45) is 11.8 Å². The van der Waals surface area contributed by atoms with Crippen LogP contribution in [0.25, 0.3) is 0 Å². The van der Waals surface area contributed by atoms with E-state index in [2.05, 4.69) is 33.0 Å². The van der Waals surface area contributed by atoms with E-state index >= 15 is 0 Å². The number of anilines is 1. The Kier molecular flexibility index (Phi) is 5.02. The van der Waals surface area contributed by atoms with Gasteiger partial charge in [0.1, 0.15) is 11.5 Å². The van der Waals surface area contributed by atoms with Gasteiger partial charge in [-0.1, -0.05) is 23.9 Å². The zero-order chi connectivity index (χ0) is 18.8. The lowest BCUT2D eigenvalue weighted by Gasteiger charge is -2.18. The van der Waals surface area contributed by atoms with Crippen LogP contribution in [0.2, 0.25) is 0 Å². The second kappa shape index (κ2) is 7.59. The van der Waals surface area contributed by atoms with E-state index in [0.717, 1.165) is 6.42 Å². The normalized spacial score (nSPS) is 22.8. The van der Waals surface area contributed by atoms with E-state index in [1.165, 1.54) is 18.2 Å². The highest BCUT2D eigenvalue weighted by Gasteiger charge is 2.38. The number of thioether (sulfide) groups is 1. The van der Waals surface area contributed by atoms with Crippen LogP contribution in [0.4, 0.5) is 5.69 Å². The van der Waals surface area contributed by atoms with Crippen LogP contribution < -0.4 is 14.8 Å². The van der Waals surface area contributed by atoms with Crippen molar-refractivity contribution in [3.05, 3.63) is 30.4 Å². The molecule has 1 saturated carbocycles. The molecule has 0 saturated heterocycles. The minimum atomic E-state index is -0.158. The third-order valence-corrected chi connectivity index (χ3v) is 5.97. The molecule has 3 unspecified atom stereocenters. The number of carbonyl (C=O) groups is 1. The predicted molar refractivity (Wildman–Crippen MR) is 101 cm³/mol. The first-order chi connectivity index (χ1) is 13.2. The summed E-state index contributed by atoms with van der Waals surface area (Å²) in [6.45, 7) is 0. The molecule has 142 valence electrons. The second-order valence-corrected chi connectivity index (χ2v) is 7.60. The highest BCUT2D eigenvalue weighted by atomic mass is 32.2. The summed E-state index contributed by atoms with van der Waals surface area (Å²) in [5, 5.41) is 15.6. The zero-order valence-electron chi connectivity index (χ0n) is 15.2. The summed E-state index contributed by atoms with van der Waals surface area (Å²) in [6.07, 6.45) is 6.78. The average molecular weight is 387 g/mol. The van der Waals surface area contributed by atoms with Crippen LogP contribution in [-0.2, 0) is 4.79 Å². The Bertz CT molecular complexity index is 868. The number of nitrogens with one attached hydrogen (secondary N) is 1. The number of benzene rings is 1. The van der Waals surface area contributed by atoms with Crippen LogP contribution >= 0.6 is 11.8 Å². The summed E-state index contributed by atoms with van der Waals surface area (Å²) >= 11 is 1.34. The van der Waals surface area contributed by atoms with Crippen molar-refractivity contribution in [1.29, 1.82) is 0 Å². The van der Waals surface area contributed by atoms with Crippen molar-refractivity contribution in [3.8, 4) is 11.5 Å². The van der Waals surface area contributed by atoms with Crippen LogP contribution in [0.5, 0.6) is 11.5 Å². The Morgan fingerprint density at radius 1 is 1.30 bits per heavy atom. The van der Waals surface area contributed by atoms with E-state index < -0.39 is 0 Å². The van der Waals surface area contributed by atoms with E-state index in [1.807, 2.05) is 4.68 Å². The highest BCUT2D eigenvalue weighted by Crippen LogP contribution is 2.46. The maximum atomic E-state index is 12.4. The quantitative estimate of drug-likeness (QED) is 0.577. The number of amides is 1. The van der Waals surface area contributed by atoms with Gasteiger partial charge in [0.2, 0.25) is 11.1 Å². The van der Waals surface area contributed by atoms with Crippen LogP contribution in [0.15, 0.2) is 35.5 Å². The molecule has 2 bridgehead atoms. The molecule has 3 atom stereocenters. The molecule has 9 heteroatoms. The molecule has 1 heterocycles. The fraction of sp³-hybridized carbons (Fsp3) is 0.444. The topological polar surface area (TPSA) is 91.2 Å². The molecule has 27 heavy (non-hydrogen) atoms. The molecule has 0 radical (unpaired) electrons. The Balaban J connectivity index is 1.39. The number of rotatable bonds is 7. The van der Waals surface area contributed by atoms with Crippen LogP contribution in [0.1, 0.15) is 18.9 Å². The van der Waals surface area contributed by atoms with Gasteiger partial charge in [-0.2, -0.15) is 0 Å². The zero-order valence-corrected chi connectivity index (χ0v) is 16.0. The van der Waals surface area contributed by atoms with Crippen LogP contribution in [0.3, 0.4) is 0 Å². The Morgan fingerprint density at radius 3 is 2.89 bits per heavy atom. The van der Waals surface area contributed by atoms with Gasteiger partial charge in [0.25, 0.3) is 0 Å². The fourth-order valence-corrected chi connectivity index (χ4v) is 4.48. The summed E-state index contributed by atoms with van der Waals surface area (Å²) in [5.74, 6) is 2.39. The van der Waals surface area contributed by atoms with Gasteiger partial charge >= 0.3 is 0 Å². The van der Waals surface area contributed by atoms with E-state index in [0.29, 0.717) is 40.2 Å². The van der Waals surface area contributed by atoms with E-state index in [9.17, 15) is 4.79 Å². The number of ether oxygens (including phenoxy) is 2. The van der Waals surface area contributed by atoms with E-state index in [4.69, 9.17) is 9.47 Å². The van der Waals surface area contributed by atoms with Crippen molar-refractivity contribution in [2.45, 2.75) is 24.0 Å². The van der Waals surface area contributed by atoms with Gasteiger partial charge in [0.05, 0.1) is 31.7 Å². The Hall–Kier alpha value is -2.55. The number of methoxy groups -OCH3 is 2. The minimum absolute atomic E-state index is 0.158. The first-order valence-electron chi connectivity index (χ1n) is 8.78. The smallest absolute Gasteiger partial charge is 0.234 e. The fourth-order valence-electron chi connectivity index (χ4n) is 3.75. The molecule has 0 spiro atoms. The van der Waals surface area contributed by atoms with E-state index in [-0.39, 0.29) is 11.7 Å². The standard InChI is InChI=1S/C18H21N5O3S/c1-25-13-5-6-16(26-2)14(9-13)19-17(24)10-27-18-20-21-22-23(18)15-8-11-3-4-12(15)7-11/h3-6,9,11-12,15H,7-8,10H2,1-2H3,(H,19,24). The van der Waals surface area contributed by atoms with Gasteiger partial charge in [0, 0.05) is 6.07 Å². The molecule has 1 amide bonds. The monoisotopic (exact) mass is 387 g/mol. The third kappa shape index (κ3) is 3.64. The lowest BCUT2D eigenvalue weighted by atomic mass is 10.0. The number of carbonyl (C=O) groups excluding carboxylic acids is 1. The first-order valence-corrected chi connectivity index (χ1v) is 9.77. The molecule has 1 N–H and O–H groups in total. The largest absolute Gasteiger partial charge is 0.497 e. The maximum Gasteiger partial charge on any atom is 0.234 e. The Morgan fingerprint density at radius 2 is 2.19 bits per heavy atom. The summed E-state index contributed by atoms with van der Waals surface area (Å²) in [4.78, 5) is 12.4. The van der Waals surface area contributed by atoms with Gasteiger partial charge in [-0.15, -0.1) is 5.10 Å². The van der Waals surface area contributed by atoms with Gasteiger partial charge in [-0.3, -0.25) is 4.79 Å². The third-order valence-electron chi connectivity index (χ3n) is 5.03. The van der Waals surface area contributed by atoms with Gasteiger partial charge in [-0.05, 0) is 47.2 Å². The number of hydrogen-bond donors (Lipinski definition) is 1. The molecule has 8 nitrogen and oxygen atoms in total. The summed E-state index contributed by atoms with van der Waals surface area (Å²) < 4.78 is 12.4. The number of nitrogens with zero attached hydrogens (tertiary/aromatic N) is 4. The molecule has 1 aromatic heterocycles. The minimum Gasteiger partial charge on any atom is -0.497 e. The molecule has 4 rings (SSSR count). The first kappa shape index (κ1) is 17.8. The maximum absolute atomic E-state index is 12.4. The number of allylic oxidation sites excluding steroid dienone is 2. The molecule has 2 aromatic rings. The number of tetrazole rings is 1. The van der Waals surface area contributed by atoms with Crippen molar-refractivity contribution < 1.29 is 14.3 Å². The second-order valence-electron chi connectivity index (χ2n) is 6.66. The molecule has 1 fully saturated rings.